The molecule has 0 spiro atoms. The number of esters is 1. The average Bonchev–Trinajstić information content (AvgIpc) is 2.57. The lowest BCUT2D eigenvalue weighted by atomic mass is 9.67. The van der Waals surface area contributed by atoms with Crippen molar-refractivity contribution >= 4 is 23.4 Å². The van der Waals surface area contributed by atoms with Gasteiger partial charge in [-0.05, 0) is 29.5 Å². The van der Waals surface area contributed by atoms with E-state index in [0.29, 0.717) is 29.1 Å². The van der Waals surface area contributed by atoms with Gasteiger partial charge in [0.25, 0.3) is 0 Å². The van der Waals surface area contributed by atoms with Crippen molar-refractivity contribution < 1.29 is 19.4 Å². The summed E-state index contributed by atoms with van der Waals surface area (Å²) in [4.78, 5) is 26.9. The lowest BCUT2D eigenvalue weighted by Crippen LogP contribution is -2.58. The summed E-state index contributed by atoms with van der Waals surface area (Å²) in [6.45, 7) is 4.04. The number of likely N-dealkylation sites (N-methyl/N-ethyl adjacent to an activating group) is 1. The van der Waals surface area contributed by atoms with Gasteiger partial charge in [0.1, 0.15) is 0 Å². The first-order chi connectivity index (χ1) is 12.1. The molecule has 0 saturated carbocycles. The summed E-state index contributed by atoms with van der Waals surface area (Å²) >= 11 is 6.00. The van der Waals surface area contributed by atoms with E-state index in [1.54, 1.807) is 19.2 Å². The fraction of sp³-hybridized carbons (Fsp3) is 0.500. The van der Waals surface area contributed by atoms with Crippen molar-refractivity contribution in [2.75, 3.05) is 14.2 Å². The Morgan fingerprint density at radius 3 is 2.46 bits per heavy atom. The highest BCUT2D eigenvalue weighted by Crippen LogP contribution is 2.50. The molecule has 0 unspecified atom stereocenters. The van der Waals surface area contributed by atoms with Gasteiger partial charge in [0.2, 0.25) is 5.72 Å². The lowest BCUT2D eigenvalue weighted by Gasteiger charge is -2.49. The van der Waals surface area contributed by atoms with E-state index in [1.807, 2.05) is 26.0 Å². The molecule has 0 fully saturated rings. The number of ketones is 1. The summed E-state index contributed by atoms with van der Waals surface area (Å²) < 4.78 is 4.87. The van der Waals surface area contributed by atoms with Crippen LogP contribution in [0, 0.1) is 5.41 Å². The predicted octanol–water partition coefficient (Wildman–Crippen LogP) is 3.26. The maximum atomic E-state index is 13.0. The van der Waals surface area contributed by atoms with Crippen molar-refractivity contribution in [3.8, 4) is 0 Å². The Kier molecular flexibility index (Phi) is 4.65. The summed E-state index contributed by atoms with van der Waals surface area (Å²) in [6, 6.07) is 7.19. The molecular weight excluding hydrogens is 354 g/mol. The number of ether oxygens (including phenoxy) is 1. The number of rotatable bonds is 2. The number of hydrogen-bond donors (Lipinski definition) is 1. The first kappa shape index (κ1) is 18.9. The van der Waals surface area contributed by atoms with E-state index < -0.39 is 11.7 Å². The fourth-order valence-electron chi connectivity index (χ4n) is 4.11. The van der Waals surface area contributed by atoms with Crippen molar-refractivity contribution in [3.05, 3.63) is 46.1 Å². The van der Waals surface area contributed by atoms with Crippen LogP contribution in [0.3, 0.4) is 0 Å². The zero-order valence-electron chi connectivity index (χ0n) is 15.5. The summed E-state index contributed by atoms with van der Waals surface area (Å²) in [5.74, 6) is -1.04. The highest BCUT2D eigenvalue weighted by atomic mass is 35.5. The number of allylic oxidation sites excluding steroid dienone is 2. The fourth-order valence-corrected chi connectivity index (χ4v) is 4.23. The number of Topliss-reactive ketones (excluding diaryl/α,β-unsaturated/α-hetero) is 1. The Bertz CT molecular complexity index is 784. The molecule has 26 heavy (non-hydrogen) atoms. The molecule has 6 heteroatoms. The van der Waals surface area contributed by atoms with Gasteiger partial charge in [-0.3, -0.25) is 4.79 Å². The molecule has 1 N–H and O–H groups in total. The molecule has 140 valence electrons. The summed E-state index contributed by atoms with van der Waals surface area (Å²) in [5.41, 5.74) is 0.202. The maximum absolute atomic E-state index is 13.0. The number of methoxy groups -OCH3 is 1. The van der Waals surface area contributed by atoms with Gasteiger partial charge in [0.15, 0.2) is 5.78 Å². The second kappa shape index (κ2) is 6.39. The molecule has 3 rings (SSSR count). The van der Waals surface area contributed by atoms with Gasteiger partial charge in [-0.1, -0.05) is 37.6 Å². The van der Waals surface area contributed by atoms with Crippen molar-refractivity contribution in [3.63, 3.8) is 0 Å². The van der Waals surface area contributed by atoms with Crippen LogP contribution in [0.25, 0.3) is 0 Å². The van der Waals surface area contributed by atoms with Crippen LogP contribution in [-0.4, -0.2) is 41.6 Å². The summed E-state index contributed by atoms with van der Waals surface area (Å²) in [6.07, 6.45) is 1.11. The molecule has 1 aromatic rings. The van der Waals surface area contributed by atoms with Crippen LogP contribution in [0.15, 0.2) is 35.5 Å². The molecule has 0 bridgehead atoms. The highest BCUT2D eigenvalue weighted by Gasteiger charge is 2.53. The topological polar surface area (TPSA) is 66.8 Å². The second-order valence-corrected chi connectivity index (χ2v) is 8.41. The van der Waals surface area contributed by atoms with Crippen LogP contribution < -0.4 is 0 Å². The largest absolute Gasteiger partial charge is 0.465 e. The minimum atomic E-state index is -1.81. The van der Waals surface area contributed by atoms with Gasteiger partial charge < -0.3 is 14.7 Å². The molecule has 1 aliphatic heterocycles. The number of aliphatic hydroxyl groups is 1. The lowest BCUT2D eigenvalue weighted by molar-refractivity contribution is -0.185. The van der Waals surface area contributed by atoms with Gasteiger partial charge in [-0.15, -0.1) is 0 Å². The van der Waals surface area contributed by atoms with Crippen LogP contribution in [0.5, 0.6) is 0 Å². The molecule has 5 nitrogen and oxygen atoms in total. The van der Waals surface area contributed by atoms with Crippen molar-refractivity contribution in [2.45, 2.75) is 44.8 Å². The van der Waals surface area contributed by atoms with Crippen molar-refractivity contribution in [1.82, 2.24) is 4.90 Å². The Hall–Kier alpha value is -1.85. The van der Waals surface area contributed by atoms with Crippen LogP contribution in [0.4, 0.5) is 0 Å². The number of halogens is 1. The van der Waals surface area contributed by atoms with Crippen LogP contribution in [0.1, 0.15) is 44.6 Å². The van der Waals surface area contributed by atoms with Gasteiger partial charge in [-0.2, -0.15) is 0 Å². The smallest absolute Gasteiger partial charge is 0.359 e. The molecule has 0 amide bonds. The van der Waals surface area contributed by atoms with Gasteiger partial charge >= 0.3 is 5.97 Å². The quantitative estimate of drug-likeness (QED) is 0.801. The first-order valence-corrected chi connectivity index (χ1v) is 9.03. The van der Waals surface area contributed by atoms with E-state index in [4.69, 9.17) is 16.3 Å². The van der Waals surface area contributed by atoms with Crippen molar-refractivity contribution in [1.29, 1.82) is 0 Å². The zero-order chi connectivity index (χ0) is 19.3. The van der Waals surface area contributed by atoms with E-state index in [2.05, 4.69) is 0 Å². The van der Waals surface area contributed by atoms with E-state index in [0.717, 1.165) is 5.56 Å². The number of carbonyl (C=O) groups excluding carboxylic acids is 2. The normalized spacial score (nSPS) is 28.0. The first-order valence-electron chi connectivity index (χ1n) is 8.65. The summed E-state index contributed by atoms with van der Waals surface area (Å²) in [5, 5.41) is 11.8. The predicted molar refractivity (Wildman–Crippen MR) is 98.6 cm³/mol. The standard InChI is InChI=1S/C20H24ClNO4/c1-19(2)10-15-17(16(23)11-19)14(12-5-7-13(21)8-6-12)9-20(25,22(15)3)18(24)26-4/h5-8,14,25H,9-11H2,1-4H3/t14-,20+/m1/s1. The highest BCUT2D eigenvalue weighted by molar-refractivity contribution is 6.30. The van der Waals surface area contributed by atoms with Crippen molar-refractivity contribution in [2.24, 2.45) is 5.41 Å². The molecule has 2 atom stereocenters. The monoisotopic (exact) mass is 377 g/mol. The number of carbonyl (C=O) groups is 2. The average molecular weight is 378 g/mol. The third kappa shape index (κ3) is 3.03. The van der Waals surface area contributed by atoms with E-state index >= 15 is 0 Å². The molecular formula is C20H24ClNO4. The number of nitrogens with zero attached hydrogens (tertiary/aromatic N) is 1. The van der Waals surface area contributed by atoms with Gasteiger partial charge in [-0.25, -0.2) is 4.79 Å². The van der Waals surface area contributed by atoms with Gasteiger partial charge in [0, 0.05) is 42.1 Å². The Balaban J connectivity index is 2.18. The van der Waals surface area contributed by atoms with E-state index in [1.165, 1.54) is 12.0 Å². The molecule has 0 saturated heterocycles. The number of hydrogen-bond acceptors (Lipinski definition) is 5. The van der Waals surface area contributed by atoms with Crippen LogP contribution in [0.2, 0.25) is 5.02 Å². The second-order valence-electron chi connectivity index (χ2n) is 7.98. The molecule has 2 aliphatic rings. The minimum absolute atomic E-state index is 0.0583. The molecule has 0 radical (unpaired) electrons. The third-order valence-corrected chi connectivity index (χ3v) is 5.73. The number of benzene rings is 1. The Morgan fingerprint density at radius 1 is 1.27 bits per heavy atom. The summed E-state index contributed by atoms with van der Waals surface area (Å²) in [7, 11) is 2.91. The maximum Gasteiger partial charge on any atom is 0.359 e. The molecule has 1 aromatic carbocycles. The van der Waals surface area contributed by atoms with E-state index in [9.17, 15) is 14.7 Å². The Labute approximate surface area is 158 Å². The SMILES string of the molecule is COC(=O)[C@@]1(O)C[C@H](c2ccc(Cl)cc2)C2=C(CC(C)(C)CC2=O)N1C. The van der Waals surface area contributed by atoms with Crippen LogP contribution in [-0.2, 0) is 14.3 Å². The molecule has 1 heterocycles. The van der Waals surface area contributed by atoms with E-state index in [-0.39, 0.29) is 23.5 Å². The Morgan fingerprint density at radius 2 is 1.88 bits per heavy atom. The third-order valence-electron chi connectivity index (χ3n) is 5.48. The minimum Gasteiger partial charge on any atom is -0.465 e. The van der Waals surface area contributed by atoms with Crippen LogP contribution >= 0.6 is 11.6 Å². The molecule has 1 aliphatic carbocycles. The van der Waals surface area contributed by atoms with Gasteiger partial charge in [0.05, 0.1) is 7.11 Å². The zero-order valence-corrected chi connectivity index (χ0v) is 16.3. The molecule has 0 aromatic heterocycles.